The predicted molar refractivity (Wildman–Crippen MR) is 59.9 cm³/mol. The molecule has 1 aliphatic rings. The molecule has 0 radical (unpaired) electrons. The van der Waals surface area contributed by atoms with E-state index < -0.39 is 0 Å². The Kier molecular flexibility index (Phi) is 2.99. The average Bonchev–Trinajstić information content (AvgIpc) is 2.40. The quantitative estimate of drug-likeness (QED) is 0.772. The van der Waals surface area contributed by atoms with E-state index in [0.29, 0.717) is 0 Å². The summed E-state index contributed by atoms with van der Waals surface area (Å²) in [6, 6.07) is 6.37. The molecule has 1 atom stereocenters. The summed E-state index contributed by atoms with van der Waals surface area (Å²) in [5, 5.41) is 0. The molecule has 1 aliphatic heterocycles. The van der Waals surface area contributed by atoms with E-state index in [4.69, 9.17) is 10.5 Å². The van der Waals surface area contributed by atoms with Gasteiger partial charge in [0.15, 0.2) is 0 Å². The van der Waals surface area contributed by atoms with Gasteiger partial charge in [-0.1, -0.05) is 6.07 Å². The third-order valence-corrected chi connectivity index (χ3v) is 3.69. The highest BCUT2D eigenvalue weighted by atomic mass is 32.2. The highest BCUT2D eigenvalue weighted by Gasteiger charge is 2.15. The number of nitrogens with two attached hydrogens (primary N) is 1. The van der Waals surface area contributed by atoms with E-state index in [1.807, 2.05) is 17.8 Å². The Morgan fingerprint density at radius 2 is 2.36 bits per heavy atom. The predicted octanol–water partition coefficient (Wildman–Crippen LogP) is 2.58. The maximum Gasteiger partial charge on any atom is 0.119 e. The first-order valence-electron chi connectivity index (χ1n) is 4.87. The third kappa shape index (κ3) is 1.88. The molecule has 0 saturated carbocycles. The lowest BCUT2D eigenvalue weighted by Gasteiger charge is -2.12. The van der Waals surface area contributed by atoms with E-state index in [9.17, 15) is 0 Å². The van der Waals surface area contributed by atoms with Crippen molar-refractivity contribution in [1.82, 2.24) is 0 Å². The van der Waals surface area contributed by atoms with Gasteiger partial charge in [-0.25, -0.2) is 0 Å². The van der Waals surface area contributed by atoms with Gasteiger partial charge in [-0.05, 0) is 36.3 Å². The number of rotatable bonds is 1. The minimum absolute atomic E-state index is 0.200. The summed E-state index contributed by atoms with van der Waals surface area (Å²) in [6.45, 7) is 0. The van der Waals surface area contributed by atoms with Crippen molar-refractivity contribution in [3.05, 3.63) is 23.8 Å². The minimum Gasteiger partial charge on any atom is -0.497 e. The molecule has 1 unspecified atom stereocenters. The molecule has 0 aliphatic carbocycles. The number of methoxy groups -OCH3 is 1. The molecule has 14 heavy (non-hydrogen) atoms. The van der Waals surface area contributed by atoms with Crippen LogP contribution >= 0.6 is 11.8 Å². The molecule has 2 N–H and O–H groups in total. The van der Waals surface area contributed by atoms with Crippen molar-refractivity contribution in [2.45, 2.75) is 23.8 Å². The van der Waals surface area contributed by atoms with Gasteiger partial charge >= 0.3 is 0 Å². The molecule has 0 amide bonds. The Labute approximate surface area is 88.8 Å². The normalized spacial score (nSPS) is 21.1. The summed E-state index contributed by atoms with van der Waals surface area (Å²) in [6.07, 6.45) is 2.29. The molecule has 0 fully saturated rings. The van der Waals surface area contributed by atoms with E-state index in [2.05, 4.69) is 12.1 Å². The van der Waals surface area contributed by atoms with Gasteiger partial charge in [0.25, 0.3) is 0 Å². The van der Waals surface area contributed by atoms with Crippen molar-refractivity contribution in [2.24, 2.45) is 5.73 Å². The third-order valence-electron chi connectivity index (χ3n) is 2.54. The molecule has 1 aromatic rings. The van der Waals surface area contributed by atoms with Crippen LogP contribution in [0.2, 0.25) is 0 Å². The van der Waals surface area contributed by atoms with Crippen LogP contribution in [0.3, 0.4) is 0 Å². The van der Waals surface area contributed by atoms with Crippen LogP contribution in [0.1, 0.15) is 24.4 Å². The van der Waals surface area contributed by atoms with E-state index in [1.54, 1.807) is 7.11 Å². The van der Waals surface area contributed by atoms with Crippen LogP contribution < -0.4 is 10.5 Å². The number of fused-ring (bicyclic) bond motifs is 1. The van der Waals surface area contributed by atoms with Crippen LogP contribution in [0.15, 0.2) is 23.1 Å². The van der Waals surface area contributed by atoms with Gasteiger partial charge in [-0.3, -0.25) is 0 Å². The highest BCUT2D eigenvalue weighted by molar-refractivity contribution is 7.99. The van der Waals surface area contributed by atoms with Crippen LogP contribution in [0.25, 0.3) is 0 Å². The monoisotopic (exact) mass is 209 g/mol. The Morgan fingerprint density at radius 1 is 1.50 bits per heavy atom. The molecule has 0 saturated heterocycles. The highest BCUT2D eigenvalue weighted by Crippen LogP contribution is 2.35. The summed E-state index contributed by atoms with van der Waals surface area (Å²) in [4.78, 5) is 1.29. The minimum atomic E-state index is 0.200. The maximum atomic E-state index is 6.08. The first-order valence-corrected chi connectivity index (χ1v) is 5.86. The molecule has 1 heterocycles. The maximum absolute atomic E-state index is 6.08. The van der Waals surface area contributed by atoms with Gasteiger partial charge in [0, 0.05) is 10.9 Å². The fourth-order valence-electron chi connectivity index (χ4n) is 1.71. The first-order chi connectivity index (χ1) is 6.81. The second kappa shape index (κ2) is 4.24. The Bertz CT molecular complexity index is 327. The standard InChI is InChI=1S/C11H15NOS/c1-13-8-4-5-9-10(12)3-2-6-14-11(9)7-8/h4-5,7,10H,2-3,6,12H2,1H3. The topological polar surface area (TPSA) is 35.2 Å². The molecule has 2 nitrogen and oxygen atoms in total. The summed E-state index contributed by atoms with van der Waals surface area (Å²) in [5.41, 5.74) is 7.36. The second-order valence-corrected chi connectivity index (χ2v) is 4.64. The van der Waals surface area contributed by atoms with Crippen molar-refractivity contribution in [3.63, 3.8) is 0 Å². The zero-order chi connectivity index (χ0) is 9.97. The fraction of sp³-hybridized carbons (Fsp3) is 0.455. The second-order valence-electron chi connectivity index (χ2n) is 3.50. The van der Waals surface area contributed by atoms with Gasteiger partial charge in [0.2, 0.25) is 0 Å². The molecule has 76 valence electrons. The molecule has 2 rings (SSSR count). The molecular formula is C11H15NOS. The van der Waals surface area contributed by atoms with Gasteiger partial charge < -0.3 is 10.5 Å². The first kappa shape index (κ1) is 9.87. The SMILES string of the molecule is COc1ccc2c(c1)SCCCC2N. The van der Waals surface area contributed by atoms with Crippen LogP contribution in [0.4, 0.5) is 0 Å². The van der Waals surface area contributed by atoms with E-state index in [0.717, 1.165) is 17.9 Å². The van der Waals surface area contributed by atoms with E-state index in [-0.39, 0.29) is 6.04 Å². The lowest BCUT2D eigenvalue weighted by Crippen LogP contribution is -2.09. The van der Waals surface area contributed by atoms with Gasteiger partial charge in [-0.2, -0.15) is 0 Å². The van der Waals surface area contributed by atoms with Crippen molar-refractivity contribution in [1.29, 1.82) is 0 Å². The van der Waals surface area contributed by atoms with Gasteiger partial charge in [0.1, 0.15) is 5.75 Å². The number of benzene rings is 1. The zero-order valence-corrected chi connectivity index (χ0v) is 9.14. The fourth-order valence-corrected chi connectivity index (χ4v) is 2.83. The lowest BCUT2D eigenvalue weighted by molar-refractivity contribution is 0.413. The molecule has 0 aromatic heterocycles. The number of thioether (sulfide) groups is 1. The average molecular weight is 209 g/mol. The number of hydrogen-bond donors (Lipinski definition) is 1. The van der Waals surface area contributed by atoms with E-state index >= 15 is 0 Å². The van der Waals surface area contributed by atoms with Crippen LogP contribution in [0, 0.1) is 0 Å². The van der Waals surface area contributed by atoms with Crippen LogP contribution in [-0.4, -0.2) is 12.9 Å². The molecule has 0 bridgehead atoms. The summed E-state index contributed by atoms with van der Waals surface area (Å²) in [7, 11) is 1.70. The van der Waals surface area contributed by atoms with E-state index in [1.165, 1.54) is 16.9 Å². The Morgan fingerprint density at radius 3 is 3.14 bits per heavy atom. The number of ether oxygens (including phenoxy) is 1. The molecular weight excluding hydrogens is 194 g/mol. The van der Waals surface area contributed by atoms with Crippen LogP contribution in [0.5, 0.6) is 5.75 Å². The molecule has 3 heteroatoms. The van der Waals surface area contributed by atoms with Crippen molar-refractivity contribution in [2.75, 3.05) is 12.9 Å². The van der Waals surface area contributed by atoms with Gasteiger partial charge in [-0.15, -0.1) is 11.8 Å². The lowest BCUT2D eigenvalue weighted by atomic mass is 10.0. The molecule has 0 spiro atoms. The largest absolute Gasteiger partial charge is 0.497 e. The summed E-state index contributed by atoms with van der Waals surface area (Å²) >= 11 is 1.88. The van der Waals surface area contributed by atoms with Crippen molar-refractivity contribution in [3.8, 4) is 5.75 Å². The Balaban J connectivity index is 2.38. The van der Waals surface area contributed by atoms with Crippen LogP contribution in [-0.2, 0) is 0 Å². The zero-order valence-electron chi connectivity index (χ0n) is 8.32. The number of hydrogen-bond acceptors (Lipinski definition) is 3. The summed E-state index contributed by atoms with van der Waals surface area (Å²) < 4.78 is 5.20. The summed E-state index contributed by atoms with van der Waals surface area (Å²) in [5.74, 6) is 2.08. The van der Waals surface area contributed by atoms with Gasteiger partial charge in [0.05, 0.1) is 7.11 Å². The van der Waals surface area contributed by atoms with Crippen molar-refractivity contribution < 1.29 is 4.74 Å². The van der Waals surface area contributed by atoms with Crippen molar-refractivity contribution >= 4 is 11.8 Å². The Hall–Kier alpha value is -0.670. The smallest absolute Gasteiger partial charge is 0.119 e. The molecule has 1 aromatic carbocycles.